The first kappa shape index (κ1) is 20.3. The number of nitrogen functional groups attached to an aromatic ring is 1. The lowest BCUT2D eigenvalue weighted by molar-refractivity contribution is 0.283. The molecule has 0 fully saturated rings. The quantitative estimate of drug-likeness (QED) is 0.324. The second-order valence-electron chi connectivity index (χ2n) is 7.38. The fourth-order valence-corrected chi connectivity index (χ4v) is 4.13. The number of benzene rings is 2. The number of nitrogens with two attached hydrogens (primary N) is 1. The van der Waals surface area contributed by atoms with E-state index in [4.69, 9.17) is 15.5 Å². The summed E-state index contributed by atoms with van der Waals surface area (Å²) in [6.45, 7) is 3.92. The zero-order chi connectivity index (χ0) is 21.5. The van der Waals surface area contributed by atoms with E-state index < -0.39 is 7.82 Å². The summed E-state index contributed by atoms with van der Waals surface area (Å²) >= 11 is 0. The van der Waals surface area contributed by atoms with E-state index in [-0.39, 0.29) is 5.75 Å². The summed E-state index contributed by atoms with van der Waals surface area (Å²) in [4.78, 5) is 26.9. The van der Waals surface area contributed by atoms with Gasteiger partial charge in [0.25, 0.3) is 0 Å². The molecule has 0 saturated carbocycles. The molecule has 0 unspecified atom stereocenters. The molecule has 30 heavy (non-hydrogen) atoms. The van der Waals surface area contributed by atoms with E-state index in [1.165, 1.54) is 0 Å². The summed E-state index contributed by atoms with van der Waals surface area (Å²) < 4.78 is 15.7. The Labute approximate surface area is 173 Å². The SMILES string of the molecule is Cc1ccc2c(c1)nc(N)c1nccc(CCc3ccc(OP(=O)(O)O)cc3C)c12. The Kier molecular flexibility index (Phi) is 5.20. The molecule has 2 aromatic heterocycles. The number of rotatable bonds is 5. The fraction of sp³-hybridized carbons (Fsp3) is 0.182. The second-order valence-corrected chi connectivity index (χ2v) is 8.55. The minimum Gasteiger partial charge on any atom is -0.404 e. The van der Waals surface area contributed by atoms with Crippen LogP contribution in [0.4, 0.5) is 5.82 Å². The van der Waals surface area contributed by atoms with Gasteiger partial charge < -0.3 is 10.3 Å². The molecule has 0 aliphatic rings. The Morgan fingerprint density at radius 1 is 1.03 bits per heavy atom. The van der Waals surface area contributed by atoms with Crippen molar-refractivity contribution in [3.05, 3.63) is 70.9 Å². The van der Waals surface area contributed by atoms with E-state index in [1.807, 2.05) is 32.0 Å². The monoisotopic (exact) mass is 423 g/mol. The van der Waals surface area contributed by atoms with E-state index in [2.05, 4.69) is 26.6 Å². The number of fused-ring (bicyclic) bond motifs is 3. The van der Waals surface area contributed by atoms with Crippen LogP contribution >= 0.6 is 7.82 Å². The molecule has 0 bridgehead atoms. The number of hydrogen-bond donors (Lipinski definition) is 3. The van der Waals surface area contributed by atoms with Gasteiger partial charge in [-0.3, -0.25) is 14.8 Å². The molecule has 0 atom stereocenters. The van der Waals surface area contributed by atoms with Gasteiger partial charge in [-0.25, -0.2) is 9.55 Å². The van der Waals surface area contributed by atoms with Crippen molar-refractivity contribution in [2.45, 2.75) is 26.7 Å². The molecule has 4 N–H and O–H groups in total. The number of aromatic nitrogens is 2. The summed E-state index contributed by atoms with van der Waals surface area (Å²) in [5, 5.41) is 2.04. The summed E-state index contributed by atoms with van der Waals surface area (Å²) in [6, 6.07) is 13.2. The van der Waals surface area contributed by atoms with Crippen molar-refractivity contribution in [3.8, 4) is 5.75 Å². The molecule has 4 aromatic rings. The lowest BCUT2D eigenvalue weighted by Gasteiger charge is -2.13. The van der Waals surface area contributed by atoms with Crippen LogP contribution in [0.2, 0.25) is 0 Å². The van der Waals surface area contributed by atoms with Crippen LogP contribution in [0, 0.1) is 13.8 Å². The van der Waals surface area contributed by atoms with Crippen molar-refractivity contribution in [1.29, 1.82) is 0 Å². The molecule has 0 saturated heterocycles. The number of aryl methyl sites for hydroxylation is 4. The Morgan fingerprint density at radius 2 is 1.80 bits per heavy atom. The van der Waals surface area contributed by atoms with Gasteiger partial charge in [-0.05, 0) is 73.2 Å². The van der Waals surface area contributed by atoms with Crippen LogP contribution in [-0.4, -0.2) is 19.8 Å². The van der Waals surface area contributed by atoms with Crippen molar-refractivity contribution < 1.29 is 18.9 Å². The van der Waals surface area contributed by atoms with Crippen molar-refractivity contribution in [1.82, 2.24) is 9.97 Å². The maximum Gasteiger partial charge on any atom is 0.524 e. The third kappa shape index (κ3) is 4.14. The van der Waals surface area contributed by atoms with E-state index in [1.54, 1.807) is 18.3 Å². The van der Waals surface area contributed by atoms with Gasteiger partial charge in [0.05, 0.1) is 5.52 Å². The van der Waals surface area contributed by atoms with Crippen molar-refractivity contribution >= 4 is 35.4 Å². The molecule has 0 aliphatic heterocycles. The summed E-state index contributed by atoms with van der Waals surface area (Å²) in [5.41, 5.74) is 12.0. The van der Waals surface area contributed by atoms with Crippen LogP contribution in [0.15, 0.2) is 48.7 Å². The average Bonchev–Trinajstić information content (AvgIpc) is 2.66. The first-order valence-corrected chi connectivity index (χ1v) is 11.0. The molecule has 0 aliphatic carbocycles. The highest BCUT2D eigenvalue weighted by atomic mass is 31.2. The Balaban J connectivity index is 1.70. The molecule has 0 radical (unpaired) electrons. The van der Waals surface area contributed by atoms with Gasteiger partial charge in [-0.1, -0.05) is 18.2 Å². The Bertz CT molecular complexity index is 1320. The number of hydrogen-bond acceptors (Lipinski definition) is 5. The molecule has 4 rings (SSSR count). The highest BCUT2D eigenvalue weighted by Crippen LogP contribution is 2.38. The number of nitrogens with zero attached hydrogens (tertiary/aromatic N) is 2. The lowest BCUT2D eigenvalue weighted by atomic mass is 9.96. The van der Waals surface area contributed by atoms with E-state index in [9.17, 15) is 4.57 Å². The van der Waals surface area contributed by atoms with Gasteiger partial charge in [0, 0.05) is 17.0 Å². The van der Waals surface area contributed by atoms with E-state index in [0.717, 1.165) is 51.4 Å². The average molecular weight is 423 g/mol. The van der Waals surface area contributed by atoms with Crippen LogP contribution in [0.25, 0.3) is 21.8 Å². The van der Waals surface area contributed by atoms with Crippen LogP contribution in [0.3, 0.4) is 0 Å². The molecule has 0 amide bonds. The molecule has 2 heterocycles. The Morgan fingerprint density at radius 3 is 2.53 bits per heavy atom. The summed E-state index contributed by atoms with van der Waals surface area (Å²) in [7, 11) is -4.57. The number of phosphoric acid groups is 1. The zero-order valence-electron chi connectivity index (χ0n) is 16.7. The van der Waals surface area contributed by atoms with Gasteiger partial charge in [-0.15, -0.1) is 0 Å². The molecular weight excluding hydrogens is 401 g/mol. The Hall–Kier alpha value is -2.99. The molecule has 154 valence electrons. The summed E-state index contributed by atoms with van der Waals surface area (Å²) in [6.07, 6.45) is 3.25. The van der Waals surface area contributed by atoms with Crippen molar-refractivity contribution in [3.63, 3.8) is 0 Å². The predicted octanol–water partition coefficient (Wildman–Crippen LogP) is 4.24. The van der Waals surface area contributed by atoms with Gasteiger partial charge in [-0.2, -0.15) is 0 Å². The highest BCUT2D eigenvalue weighted by Gasteiger charge is 2.16. The first-order valence-electron chi connectivity index (χ1n) is 9.49. The number of phosphoric ester groups is 1. The number of pyridine rings is 2. The normalized spacial score (nSPS) is 11.9. The van der Waals surface area contributed by atoms with Crippen molar-refractivity contribution in [2.24, 2.45) is 0 Å². The zero-order valence-corrected chi connectivity index (χ0v) is 17.6. The molecule has 8 heteroatoms. The molecule has 2 aromatic carbocycles. The minimum absolute atomic E-state index is 0.152. The molecular formula is C22H22N3O4P. The summed E-state index contributed by atoms with van der Waals surface area (Å²) in [5.74, 6) is 0.569. The first-order chi connectivity index (χ1) is 14.2. The third-order valence-electron chi connectivity index (χ3n) is 5.15. The van der Waals surface area contributed by atoms with Crippen molar-refractivity contribution in [2.75, 3.05) is 5.73 Å². The maximum absolute atomic E-state index is 11.0. The van der Waals surface area contributed by atoms with Gasteiger partial charge in [0.15, 0.2) is 5.82 Å². The van der Waals surface area contributed by atoms with Crippen LogP contribution in [0.5, 0.6) is 5.75 Å². The van der Waals surface area contributed by atoms with Crippen LogP contribution < -0.4 is 10.3 Å². The largest absolute Gasteiger partial charge is 0.524 e. The van der Waals surface area contributed by atoms with E-state index in [0.29, 0.717) is 11.3 Å². The maximum atomic E-state index is 11.0. The molecule has 0 spiro atoms. The predicted molar refractivity (Wildman–Crippen MR) is 117 cm³/mol. The second kappa shape index (κ2) is 7.69. The van der Waals surface area contributed by atoms with Crippen LogP contribution in [-0.2, 0) is 17.4 Å². The number of anilines is 1. The topological polar surface area (TPSA) is 119 Å². The standard InChI is InChI=1S/C22H22N3O4P/c1-13-3-8-18-19(11-13)25-22(23)21-20(18)16(9-10-24-21)5-4-15-6-7-17(12-14(15)2)29-30(26,27)28/h3,6-12H,4-5H2,1-2H3,(H2,23,25)(H2,26,27,28). The van der Waals surface area contributed by atoms with Gasteiger partial charge >= 0.3 is 7.82 Å². The van der Waals surface area contributed by atoms with Gasteiger partial charge in [0.1, 0.15) is 11.3 Å². The van der Waals surface area contributed by atoms with Gasteiger partial charge in [0.2, 0.25) is 0 Å². The fourth-order valence-electron chi connectivity index (χ4n) is 3.75. The van der Waals surface area contributed by atoms with E-state index >= 15 is 0 Å². The minimum atomic E-state index is -4.57. The smallest absolute Gasteiger partial charge is 0.404 e. The highest BCUT2D eigenvalue weighted by molar-refractivity contribution is 7.46. The third-order valence-corrected chi connectivity index (χ3v) is 5.59. The van der Waals surface area contributed by atoms with Crippen LogP contribution in [0.1, 0.15) is 22.3 Å². The lowest BCUT2D eigenvalue weighted by Crippen LogP contribution is -2.00. The molecule has 7 nitrogen and oxygen atoms in total.